The number of piperidine rings is 1. The van der Waals surface area contributed by atoms with Gasteiger partial charge in [0.2, 0.25) is 5.91 Å². The van der Waals surface area contributed by atoms with Gasteiger partial charge in [0.25, 0.3) is 0 Å². The zero-order chi connectivity index (χ0) is 19.2. The van der Waals surface area contributed by atoms with Gasteiger partial charge in [-0.2, -0.15) is 0 Å². The first-order chi connectivity index (χ1) is 13.1. The number of carbonyl (C=O) groups excluding carboxylic acids is 2. The smallest absolute Gasteiger partial charge is 0.236 e. The van der Waals surface area contributed by atoms with Crippen molar-refractivity contribution in [3.63, 3.8) is 0 Å². The molecule has 1 aromatic carbocycles. The Hall–Kier alpha value is -1.37. The van der Waals surface area contributed by atoms with E-state index in [1.807, 2.05) is 35.4 Å². The molecule has 2 aliphatic rings. The Balaban J connectivity index is 1.53. The molecule has 1 atom stereocenters. The number of ketones is 1. The second kappa shape index (κ2) is 9.71. The van der Waals surface area contributed by atoms with E-state index in [0.717, 1.165) is 62.6 Å². The van der Waals surface area contributed by atoms with Crippen molar-refractivity contribution < 1.29 is 9.59 Å². The van der Waals surface area contributed by atoms with Gasteiger partial charge in [-0.1, -0.05) is 19.1 Å². The molecule has 2 saturated heterocycles. The third kappa shape index (κ3) is 5.33. The van der Waals surface area contributed by atoms with Crippen LogP contribution in [0.5, 0.6) is 0 Å². The molecule has 3 rings (SSSR count). The van der Waals surface area contributed by atoms with E-state index in [1.54, 1.807) is 11.8 Å². The standard InChI is InChI=1S/C21H31N3O2S/c1-3-22-11-13-23(14-12-22)16-20(25)24-10-4-5-18(15-24)21(26)17-6-8-19(27-2)9-7-17/h6-9,18H,3-5,10-16H2,1-2H3. The Morgan fingerprint density at radius 3 is 2.33 bits per heavy atom. The van der Waals surface area contributed by atoms with Crippen molar-refractivity contribution in [3.8, 4) is 0 Å². The lowest BCUT2D eigenvalue weighted by molar-refractivity contribution is -0.134. The largest absolute Gasteiger partial charge is 0.341 e. The molecule has 6 heteroatoms. The van der Waals surface area contributed by atoms with Gasteiger partial charge in [-0.3, -0.25) is 14.5 Å². The van der Waals surface area contributed by atoms with E-state index in [9.17, 15) is 9.59 Å². The lowest BCUT2D eigenvalue weighted by Gasteiger charge is -2.36. The Kier molecular flexibility index (Phi) is 7.33. The van der Waals surface area contributed by atoms with Crippen LogP contribution in [-0.4, -0.2) is 85.0 Å². The van der Waals surface area contributed by atoms with Crippen molar-refractivity contribution in [2.45, 2.75) is 24.7 Å². The molecular weight excluding hydrogens is 358 g/mol. The number of hydrogen-bond donors (Lipinski definition) is 0. The number of likely N-dealkylation sites (tertiary alicyclic amines) is 1. The number of Topliss-reactive ketones (excluding diaryl/α,β-unsaturated/α-hetero) is 1. The van der Waals surface area contributed by atoms with Crippen LogP contribution in [0.4, 0.5) is 0 Å². The van der Waals surface area contributed by atoms with Crippen molar-refractivity contribution in [1.82, 2.24) is 14.7 Å². The number of carbonyl (C=O) groups is 2. The predicted molar refractivity (Wildman–Crippen MR) is 110 cm³/mol. The topological polar surface area (TPSA) is 43.9 Å². The molecule has 1 unspecified atom stereocenters. The fraction of sp³-hybridized carbons (Fsp3) is 0.619. The molecule has 2 aliphatic heterocycles. The van der Waals surface area contributed by atoms with Crippen molar-refractivity contribution in [2.24, 2.45) is 5.92 Å². The van der Waals surface area contributed by atoms with Crippen LogP contribution in [0.25, 0.3) is 0 Å². The van der Waals surface area contributed by atoms with Crippen LogP contribution >= 0.6 is 11.8 Å². The quantitative estimate of drug-likeness (QED) is 0.552. The van der Waals surface area contributed by atoms with Crippen molar-refractivity contribution in [3.05, 3.63) is 29.8 Å². The molecule has 0 aromatic heterocycles. The number of piperazine rings is 1. The monoisotopic (exact) mass is 389 g/mol. The first-order valence-corrected chi connectivity index (χ1v) is 11.2. The second-order valence-electron chi connectivity index (χ2n) is 7.48. The van der Waals surface area contributed by atoms with Crippen LogP contribution in [0, 0.1) is 5.92 Å². The molecule has 0 radical (unpaired) electrons. The number of nitrogens with zero attached hydrogens (tertiary/aromatic N) is 3. The van der Waals surface area contributed by atoms with Gasteiger partial charge in [-0.15, -0.1) is 11.8 Å². The molecule has 1 amide bonds. The summed E-state index contributed by atoms with van der Waals surface area (Å²) in [5.41, 5.74) is 0.766. The Labute approximate surface area is 167 Å². The van der Waals surface area contributed by atoms with Crippen molar-refractivity contribution in [2.75, 3.05) is 58.6 Å². The number of rotatable bonds is 6. The van der Waals surface area contributed by atoms with Gasteiger partial charge in [0.1, 0.15) is 0 Å². The van der Waals surface area contributed by atoms with E-state index in [2.05, 4.69) is 16.7 Å². The van der Waals surface area contributed by atoms with Crippen molar-refractivity contribution in [1.29, 1.82) is 0 Å². The summed E-state index contributed by atoms with van der Waals surface area (Å²) in [5.74, 6) is 0.284. The normalized spacial score (nSPS) is 22.0. The predicted octanol–water partition coefficient (Wildman–Crippen LogP) is 2.47. The van der Waals surface area contributed by atoms with E-state index in [0.29, 0.717) is 13.1 Å². The lowest BCUT2D eigenvalue weighted by Crippen LogP contribution is -2.51. The van der Waals surface area contributed by atoms with Gasteiger partial charge in [0, 0.05) is 55.6 Å². The minimum absolute atomic E-state index is 0.0697. The van der Waals surface area contributed by atoms with E-state index in [-0.39, 0.29) is 17.6 Å². The third-order valence-corrected chi connectivity index (χ3v) is 6.53. The lowest BCUT2D eigenvalue weighted by atomic mass is 9.90. The van der Waals surface area contributed by atoms with Gasteiger partial charge in [0.05, 0.1) is 6.54 Å². The van der Waals surface area contributed by atoms with E-state index in [1.165, 1.54) is 0 Å². The summed E-state index contributed by atoms with van der Waals surface area (Å²) in [5, 5.41) is 0. The van der Waals surface area contributed by atoms with Crippen molar-refractivity contribution >= 4 is 23.5 Å². The van der Waals surface area contributed by atoms with Gasteiger partial charge < -0.3 is 9.80 Å². The molecule has 5 nitrogen and oxygen atoms in total. The third-order valence-electron chi connectivity index (χ3n) is 5.79. The highest BCUT2D eigenvalue weighted by atomic mass is 32.2. The molecule has 0 saturated carbocycles. The molecule has 0 N–H and O–H groups in total. The number of hydrogen-bond acceptors (Lipinski definition) is 5. The van der Waals surface area contributed by atoms with Crippen LogP contribution < -0.4 is 0 Å². The maximum absolute atomic E-state index is 12.9. The molecule has 0 aliphatic carbocycles. The van der Waals surface area contributed by atoms with Crippen LogP contribution in [0.3, 0.4) is 0 Å². The zero-order valence-electron chi connectivity index (χ0n) is 16.5. The SMILES string of the molecule is CCN1CCN(CC(=O)N2CCCC(C(=O)c3ccc(SC)cc3)C2)CC1. The number of likely N-dealkylation sites (N-methyl/N-ethyl adjacent to an activating group) is 1. The molecular formula is C21H31N3O2S. The van der Waals surface area contributed by atoms with Crippen LogP contribution in [0.1, 0.15) is 30.1 Å². The molecule has 148 valence electrons. The summed E-state index contributed by atoms with van der Waals surface area (Å²) in [4.78, 5) is 33.4. The van der Waals surface area contributed by atoms with Gasteiger partial charge >= 0.3 is 0 Å². The van der Waals surface area contributed by atoms with Crippen LogP contribution in [0.15, 0.2) is 29.2 Å². The summed E-state index contributed by atoms with van der Waals surface area (Å²) < 4.78 is 0. The summed E-state index contributed by atoms with van der Waals surface area (Å²) in [6.07, 6.45) is 3.82. The fourth-order valence-electron chi connectivity index (χ4n) is 3.96. The Morgan fingerprint density at radius 2 is 1.70 bits per heavy atom. The summed E-state index contributed by atoms with van der Waals surface area (Å²) >= 11 is 1.68. The van der Waals surface area contributed by atoms with E-state index in [4.69, 9.17) is 0 Å². The molecule has 0 bridgehead atoms. The van der Waals surface area contributed by atoms with Crippen LogP contribution in [-0.2, 0) is 4.79 Å². The number of thioether (sulfide) groups is 1. The highest BCUT2D eigenvalue weighted by Crippen LogP contribution is 2.23. The minimum Gasteiger partial charge on any atom is -0.341 e. The van der Waals surface area contributed by atoms with Gasteiger partial charge in [-0.25, -0.2) is 0 Å². The first kappa shape index (κ1) is 20.4. The zero-order valence-corrected chi connectivity index (χ0v) is 17.3. The molecule has 1 aromatic rings. The summed E-state index contributed by atoms with van der Waals surface area (Å²) in [6.45, 7) is 9.08. The van der Waals surface area contributed by atoms with E-state index >= 15 is 0 Å². The van der Waals surface area contributed by atoms with E-state index < -0.39 is 0 Å². The first-order valence-electron chi connectivity index (χ1n) is 10.0. The van der Waals surface area contributed by atoms with Gasteiger partial charge in [-0.05, 0) is 37.8 Å². The molecule has 27 heavy (non-hydrogen) atoms. The number of amides is 1. The second-order valence-corrected chi connectivity index (χ2v) is 8.36. The average molecular weight is 390 g/mol. The Morgan fingerprint density at radius 1 is 1.04 bits per heavy atom. The molecule has 2 heterocycles. The average Bonchev–Trinajstić information content (AvgIpc) is 2.74. The summed E-state index contributed by atoms with van der Waals surface area (Å²) in [6, 6.07) is 7.84. The Bertz CT molecular complexity index is 641. The highest BCUT2D eigenvalue weighted by Gasteiger charge is 2.30. The van der Waals surface area contributed by atoms with Crippen LogP contribution in [0.2, 0.25) is 0 Å². The highest BCUT2D eigenvalue weighted by molar-refractivity contribution is 7.98. The number of benzene rings is 1. The summed E-state index contributed by atoms with van der Waals surface area (Å²) in [7, 11) is 0. The maximum atomic E-state index is 12.9. The van der Waals surface area contributed by atoms with Gasteiger partial charge in [0.15, 0.2) is 5.78 Å². The molecule has 0 spiro atoms. The fourth-order valence-corrected chi connectivity index (χ4v) is 4.37. The molecule has 2 fully saturated rings. The minimum atomic E-state index is -0.0697. The maximum Gasteiger partial charge on any atom is 0.236 e.